The monoisotopic (exact) mass is 390 g/mol. The third kappa shape index (κ3) is 3.92. The molecule has 1 fully saturated rings. The summed E-state index contributed by atoms with van der Waals surface area (Å²) < 4.78 is 2.37. The van der Waals surface area contributed by atoms with Crippen molar-refractivity contribution in [1.29, 1.82) is 0 Å². The van der Waals surface area contributed by atoms with Gasteiger partial charge in [-0.1, -0.05) is 22.9 Å². The highest BCUT2D eigenvalue weighted by molar-refractivity contribution is 7.16. The van der Waals surface area contributed by atoms with Gasteiger partial charge in [-0.25, -0.2) is 10.0 Å². The average Bonchev–Trinajstić information content (AvgIpc) is 2.83. The molecule has 0 unspecified atom stereocenters. The molecule has 3 rings (SSSR count). The van der Waals surface area contributed by atoms with Gasteiger partial charge in [0.25, 0.3) is 0 Å². The molecule has 1 aromatic heterocycles. The topological polar surface area (TPSA) is 48.8 Å². The molecule has 2 heterocycles. The Hall–Kier alpha value is -1.12. The van der Waals surface area contributed by atoms with Gasteiger partial charge in [0.1, 0.15) is 6.54 Å². The summed E-state index contributed by atoms with van der Waals surface area (Å²) in [5.41, 5.74) is 0.729. The summed E-state index contributed by atoms with van der Waals surface area (Å²) in [5.74, 6) is -0.0230. The predicted molar refractivity (Wildman–Crippen MR) is 100 cm³/mol. The van der Waals surface area contributed by atoms with Gasteiger partial charge >= 0.3 is 4.87 Å². The third-order valence-corrected chi connectivity index (χ3v) is 5.29. The minimum absolute atomic E-state index is 0. The number of carbonyl (C=O) groups is 1. The molecule has 0 spiro atoms. The number of nitrogens with zero attached hydrogens (tertiary/aromatic N) is 4. The molecular weight excluding hydrogens is 371 g/mol. The number of amides is 1. The smallest absolute Gasteiger partial charge is 0.308 e. The predicted octanol–water partition coefficient (Wildman–Crippen LogP) is 1.76. The van der Waals surface area contributed by atoms with Crippen LogP contribution in [-0.4, -0.2) is 65.7 Å². The van der Waals surface area contributed by atoms with E-state index in [4.69, 9.17) is 11.6 Å². The maximum atomic E-state index is 12.5. The van der Waals surface area contributed by atoms with Crippen molar-refractivity contribution in [1.82, 2.24) is 19.5 Å². The lowest BCUT2D eigenvalue weighted by atomic mass is 10.3. The fourth-order valence-electron chi connectivity index (χ4n) is 2.77. The molecule has 0 radical (unpaired) electrons. The fourth-order valence-corrected chi connectivity index (χ4v) is 3.80. The zero-order valence-electron chi connectivity index (χ0n) is 13.6. The number of hydrogen-bond acceptors (Lipinski definition) is 5. The van der Waals surface area contributed by atoms with Crippen LogP contribution in [0.3, 0.4) is 0 Å². The van der Waals surface area contributed by atoms with Crippen molar-refractivity contribution in [2.24, 2.45) is 0 Å². The van der Waals surface area contributed by atoms with Gasteiger partial charge in [-0.3, -0.25) is 14.2 Å². The Bertz CT molecular complexity index is 781. The quantitative estimate of drug-likeness (QED) is 0.800. The molecule has 0 N–H and O–H groups in total. The third-order valence-electron chi connectivity index (χ3n) is 4.10. The van der Waals surface area contributed by atoms with Gasteiger partial charge in [-0.2, -0.15) is 0 Å². The number of piperazine rings is 1. The maximum Gasteiger partial charge on any atom is 0.308 e. The minimum Gasteiger partial charge on any atom is -0.338 e. The van der Waals surface area contributed by atoms with E-state index in [1.807, 2.05) is 30.1 Å². The number of thiazole rings is 1. The van der Waals surface area contributed by atoms with Crippen LogP contribution in [0.2, 0.25) is 5.02 Å². The van der Waals surface area contributed by atoms with E-state index in [1.54, 1.807) is 12.1 Å². The van der Waals surface area contributed by atoms with Crippen molar-refractivity contribution in [3.63, 3.8) is 0 Å². The van der Waals surface area contributed by atoms with Crippen molar-refractivity contribution in [3.05, 3.63) is 32.9 Å². The lowest BCUT2D eigenvalue weighted by molar-refractivity contribution is -0.136. The van der Waals surface area contributed by atoms with Crippen LogP contribution in [0.5, 0.6) is 0 Å². The fraction of sp³-hybridized carbons (Fsp3) is 0.467. The normalized spacial score (nSPS) is 15.8. The van der Waals surface area contributed by atoms with Gasteiger partial charge in [0.05, 0.1) is 10.2 Å². The first kappa shape index (κ1) is 19.2. The van der Waals surface area contributed by atoms with E-state index < -0.39 is 0 Å². The van der Waals surface area contributed by atoms with Crippen LogP contribution in [0, 0.1) is 0 Å². The van der Waals surface area contributed by atoms with E-state index in [-0.39, 0.29) is 29.7 Å². The Morgan fingerprint density at radius 3 is 2.54 bits per heavy atom. The minimum atomic E-state index is -0.123. The molecule has 0 aliphatic carbocycles. The van der Waals surface area contributed by atoms with Crippen LogP contribution < -0.4 is 4.87 Å². The van der Waals surface area contributed by atoms with Gasteiger partial charge in [0.2, 0.25) is 5.91 Å². The molecule has 9 heteroatoms. The first-order valence-corrected chi connectivity index (χ1v) is 8.64. The number of halogens is 2. The van der Waals surface area contributed by atoms with E-state index >= 15 is 0 Å². The van der Waals surface area contributed by atoms with Gasteiger partial charge in [0, 0.05) is 45.3 Å². The number of aromatic nitrogens is 1. The summed E-state index contributed by atoms with van der Waals surface area (Å²) in [5, 5.41) is 4.80. The van der Waals surface area contributed by atoms with Crippen molar-refractivity contribution < 1.29 is 4.79 Å². The lowest BCUT2D eigenvalue weighted by Gasteiger charge is -2.37. The highest BCUT2D eigenvalue weighted by atomic mass is 35.5. The largest absolute Gasteiger partial charge is 0.338 e. The second-order valence-electron chi connectivity index (χ2n) is 5.75. The molecule has 1 saturated heterocycles. The molecular formula is C15H20Cl2N4O2S. The van der Waals surface area contributed by atoms with Crippen molar-refractivity contribution in [2.75, 3.05) is 40.3 Å². The first-order valence-electron chi connectivity index (χ1n) is 7.44. The summed E-state index contributed by atoms with van der Waals surface area (Å²) in [6.07, 6.45) is 0. The molecule has 1 aliphatic heterocycles. The van der Waals surface area contributed by atoms with Crippen LogP contribution in [0.4, 0.5) is 0 Å². The molecule has 1 aliphatic rings. The summed E-state index contributed by atoms with van der Waals surface area (Å²) in [6.45, 7) is 3.04. The van der Waals surface area contributed by atoms with Gasteiger partial charge in [-0.05, 0) is 18.2 Å². The molecule has 132 valence electrons. The van der Waals surface area contributed by atoms with E-state index in [1.165, 1.54) is 4.57 Å². The summed E-state index contributed by atoms with van der Waals surface area (Å²) in [4.78, 5) is 26.4. The van der Waals surface area contributed by atoms with Crippen LogP contribution in [-0.2, 0) is 11.3 Å². The zero-order valence-corrected chi connectivity index (χ0v) is 16.0. The van der Waals surface area contributed by atoms with Crippen LogP contribution in [0.25, 0.3) is 10.2 Å². The van der Waals surface area contributed by atoms with Crippen molar-refractivity contribution in [3.8, 4) is 0 Å². The first-order chi connectivity index (χ1) is 11.0. The van der Waals surface area contributed by atoms with Gasteiger partial charge < -0.3 is 4.90 Å². The molecule has 2 aromatic rings. The molecule has 6 nitrogen and oxygen atoms in total. The maximum absolute atomic E-state index is 12.5. The zero-order chi connectivity index (χ0) is 16.6. The Balaban J connectivity index is 0.00000208. The Kier molecular flexibility index (Phi) is 6.28. The Morgan fingerprint density at radius 1 is 1.25 bits per heavy atom. The highest BCUT2D eigenvalue weighted by Crippen LogP contribution is 2.21. The van der Waals surface area contributed by atoms with Crippen LogP contribution in [0.15, 0.2) is 23.0 Å². The Morgan fingerprint density at radius 2 is 1.92 bits per heavy atom. The van der Waals surface area contributed by atoms with Gasteiger partial charge in [0.15, 0.2) is 0 Å². The van der Waals surface area contributed by atoms with E-state index in [9.17, 15) is 9.59 Å². The molecule has 0 atom stereocenters. The highest BCUT2D eigenvalue weighted by Gasteiger charge is 2.23. The number of rotatable bonds is 3. The average molecular weight is 391 g/mol. The number of hydrogen-bond donors (Lipinski definition) is 0. The number of benzene rings is 1. The number of fused-ring (bicyclic) bond motifs is 1. The second kappa shape index (κ2) is 7.84. The Labute approximate surface area is 155 Å². The number of hydrazine groups is 1. The molecule has 0 bridgehead atoms. The lowest BCUT2D eigenvalue weighted by Crippen LogP contribution is -2.53. The summed E-state index contributed by atoms with van der Waals surface area (Å²) in [6, 6.07) is 5.32. The van der Waals surface area contributed by atoms with Crippen molar-refractivity contribution >= 4 is 51.5 Å². The summed E-state index contributed by atoms with van der Waals surface area (Å²) in [7, 11) is 4.00. The van der Waals surface area contributed by atoms with Gasteiger partial charge in [-0.15, -0.1) is 12.4 Å². The number of carbonyl (C=O) groups excluding carboxylic acids is 1. The summed E-state index contributed by atoms with van der Waals surface area (Å²) >= 11 is 7.16. The van der Waals surface area contributed by atoms with Crippen molar-refractivity contribution in [2.45, 2.75) is 6.54 Å². The molecule has 0 saturated carbocycles. The van der Waals surface area contributed by atoms with E-state index in [0.717, 1.165) is 34.6 Å². The standard InChI is InChI=1S/C15H19ClN4O2S.ClH/c1-17(2)19-7-5-18(6-8-19)14(21)10-20-12-9-11(16)3-4-13(12)23-15(20)22;/h3-4,9H,5-8,10H2,1-2H3;1H. The molecule has 1 amide bonds. The molecule has 1 aromatic carbocycles. The van der Waals surface area contributed by atoms with Crippen LogP contribution in [0.1, 0.15) is 0 Å². The van der Waals surface area contributed by atoms with E-state index in [2.05, 4.69) is 5.01 Å². The SMILES string of the molecule is CN(C)N1CCN(C(=O)Cn2c(=O)sc3ccc(Cl)cc32)CC1.Cl. The van der Waals surface area contributed by atoms with Crippen LogP contribution >= 0.6 is 35.3 Å². The van der Waals surface area contributed by atoms with E-state index in [0.29, 0.717) is 18.1 Å². The molecule has 24 heavy (non-hydrogen) atoms. The second-order valence-corrected chi connectivity index (χ2v) is 7.18.